The summed E-state index contributed by atoms with van der Waals surface area (Å²) in [4.78, 5) is 12.4. The van der Waals surface area contributed by atoms with Gasteiger partial charge < -0.3 is 9.47 Å². The van der Waals surface area contributed by atoms with Crippen molar-refractivity contribution in [1.82, 2.24) is 0 Å². The molecule has 104 valence electrons. The van der Waals surface area contributed by atoms with Crippen molar-refractivity contribution in [2.24, 2.45) is 0 Å². The van der Waals surface area contributed by atoms with Crippen LogP contribution >= 0.6 is 0 Å². The van der Waals surface area contributed by atoms with E-state index in [0.717, 1.165) is 0 Å². The Morgan fingerprint density at radius 1 is 1.14 bits per heavy atom. The molecule has 1 aliphatic heterocycles. The van der Waals surface area contributed by atoms with Crippen molar-refractivity contribution < 1.29 is 18.7 Å². The van der Waals surface area contributed by atoms with E-state index < -0.39 is 11.7 Å². The molecule has 0 radical (unpaired) electrons. The van der Waals surface area contributed by atoms with Gasteiger partial charge in [0, 0.05) is 5.56 Å². The quantitative estimate of drug-likeness (QED) is 0.812. The second-order valence-corrected chi connectivity index (χ2v) is 4.55. The first-order valence-corrected chi connectivity index (χ1v) is 6.28. The van der Waals surface area contributed by atoms with Crippen molar-refractivity contribution in [2.45, 2.75) is 5.92 Å². The molecule has 0 N–H and O–H groups in total. The van der Waals surface area contributed by atoms with Crippen molar-refractivity contribution >= 4 is 5.78 Å². The number of ketones is 1. The Hall–Kier alpha value is -2.87. The Morgan fingerprint density at radius 3 is 2.57 bits per heavy atom. The van der Waals surface area contributed by atoms with E-state index in [1.165, 1.54) is 24.3 Å². The largest absolute Gasteiger partial charge is 0.454 e. The number of rotatable bonds is 3. The minimum atomic E-state index is -0.981. The monoisotopic (exact) mass is 283 g/mol. The third kappa shape index (κ3) is 2.43. The summed E-state index contributed by atoms with van der Waals surface area (Å²) in [6.07, 6.45) is 0. The van der Waals surface area contributed by atoms with Gasteiger partial charge in [0.1, 0.15) is 11.7 Å². The predicted molar refractivity (Wildman–Crippen MR) is 71.6 cm³/mol. The molecular formula is C16H10FNO3. The highest BCUT2D eigenvalue weighted by Gasteiger charge is 2.24. The normalized spacial score (nSPS) is 13.5. The Bertz CT molecular complexity index is 734. The van der Waals surface area contributed by atoms with E-state index in [1.807, 2.05) is 6.07 Å². The molecule has 1 atom stereocenters. The van der Waals surface area contributed by atoms with Gasteiger partial charge in [0.15, 0.2) is 17.3 Å². The first-order chi connectivity index (χ1) is 10.2. The van der Waals surface area contributed by atoms with Gasteiger partial charge in [-0.3, -0.25) is 4.79 Å². The molecular weight excluding hydrogens is 273 g/mol. The summed E-state index contributed by atoms with van der Waals surface area (Å²) in [5.41, 5.74) is 0.816. The van der Waals surface area contributed by atoms with Crippen LogP contribution in [0.5, 0.6) is 11.5 Å². The number of fused-ring (bicyclic) bond motifs is 1. The number of halogens is 1. The SMILES string of the molecule is N#CC(C(=O)c1ccc2c(c1)OCO2)c1ccc(F)cc1. The minimum absolute atomic E-state index is 0.118. The van der Waals surface area contributed by atoms with Crippen LogP contribution in [0.4, 0.5) is 4.39 Å². The number of Topliss-reactive ketones (excluding diaryl/α,β-unsaturated/α-hetero) is 1. The van der Waals surface area contributed by atoms with Crippen molar-refractivity contribution in [3.63, 3.8) is 0 Å². The van der Waals surface area contributed by atoms with Gasteiger partial charge in [-0.25, -0.2) is 4.39 Å². The first kappa shape index (κ1) is 13.1. The van der Waals surface area contributed by atoms with Gasteiger partial charge in [-0.05, 0) is 35.9 Å². The second kappa shape index (κ2) is 5.25. The maximum Gasteiger partial charge on any atom is 0.231 e. The average Bonchev–Trinajstić information content (AvgIpc) is 2.97. The summed E-state index contributed by atoms with van der Waals surface area (Å²) < 4.78 is 23.3. The molecule has 2 aromatic carbocycles. The lowest BCUT2D eigenvalue weighted by Crippen LogP contribution is -2.11. The van der Waals surface area contributed by atoms with Crippen LogP contribution in [0.2, 0.25) is 0 Å². The topological polar surface area (TPSA) is 59.3 Å². The zero-order valence-electron chi connectivity index (χ0n) is 10.9. The van der Waals surface area contributed by atoms with Crippen LogP contribution in [-0.2, 0) is 0 Å². The van der Waals surface area contributed by atoms with Gasteiger partial charge in [-0.2, -0.15) is 5.26 Å². The number of carbonyl (C=O) groups excluding carboxylic acids is 1. The molecule has 0 fully saturated rings. The molecule has 0 spiro atoms. The van der Waals surface area contributed by atoms with E-state index in [4.69, 9.17) is 9.47 Å². The van der Waals surface area contributed by atoms with Crippen LogP contribution in [0, 0.1) is 17.1 Å². The summed E-state index contributed by atoms with van der Waals surface area (Å²) in [5.74, 6) is -0.696. The summed E-state index contributed by atoms with van der Waals surface area (Å²) in [6.45, 7) is 0.118. The minimum Gasteiger partial charge on any atom is -0.454 e. The van der Waals surface area contributed by atoms with Crippen molar-refractivity contribution in [1.29, 1.82) is 5.26 Å². The predicted octanol–water partition coefficient (Wildman–Crippen LogP) is 3.04. The lowest BCUT2D eigenvalue weighted by molar-refractivity contribution is 0.0978. The third-order valence-corrected chi connectivity index (χ3v) is 3.25. The van der Waals surface area contributed by atoms with Crippen LogP contribution < -0.4 is 9.47 Å². The van der Waals surface area contributed by atoms with Gasteiger partial charge in [0.05, 0.1) is 6.07 Å². The van der Waals surface area contributed by atoms with Crippen LogP contribution in [0.1, 0.15) is 21.8 Å². The summed E-state index contributed by atoms with van der Waals surface area (Å²) in [6, 6.07) is 12.1. The third-order valence-electron chi connectivity index (χ3n) is 3.25. The average molecular weight is 283 g/mol. The number of nitrogens with zero attached hydrogens (tertiary/aromatic N) is 1. The molecule has 1 heterocycles. The van der Waals surface area contributed by atoms with E-state index >= 15 is 0 Å². The molecule has 0 aliphatic carbocycles. The molecule has 3 rings (SSSR count). The fourth-order valence-corrected chi connectivity index (χ4v) is 2.16. The highest BCUT2D eigenvalue weighted by atomic mass is 19.1. The number of benzene rings is 2. The zero-order chi connectivity index (χ0) is 14.8. The lowest BCUT2D eigenvalue weighted by Gasteiger charge is -2.09. The molecule has 0 bridgehead atoms. The van der Waals surface area contributed by atoms with Gasteiger partial charge in [0.2, 0.25) is 6.79 Å². The molecule has 0 saturated carbocycles. The van der Waals surface area contributed by atoms with Crippen LogP contribution in [0.3, 0.4) is 0 Å². The summed E-state index contributed by atoms with van der Waals surface area (Å²) in [5, 5.41) is 9.25. The number of carbonyl (C=O) groups is 1. The maximum atomic E-state index is 12.9. The molecule has 4 nitrogen and oxygen atoms in total. The number of hydrogen-bond acceptors (Lipinski definition) is 4. The Balaban J connectivity index is 1.92. The Kier molecular flexibility index (Phi) is 3.28. The number of ether oxygens (including phenoxy) is 2. The molecule has 0 saturated heterocycles. The van der Waals surface area contributed by atoms with Gasteiger partial charge in [-0.15, -0.1) is 0 Å². The maximum absolute atomic E-state index is 12.9. The van der Waals surface area contributed by atoms with Crippen molar-refractivity contribution in [3.05, 3.63) is 59.4 Å². The molecule has 2 aromatic rings. The van der Waals surface area contributed by atoms with E-state index in [2.05, 4.69) is 0 Å². The fraction of sp³-hybridized carbons (Fsp3) is 0.125. The van der Waals surface area contributed by atoms with Crippen LogP contribution in [0.15, 0.2) is 42.5 Å². The van der Waals surface area contributed by atoms with Crippen LogP contribution in [0.25, 0.3) is 0 Å². The van der Waals surface area contributed by atoms with Gasteiger partial charge in [0.25, 0.3) is 0 Å². The van der Waals surface area contributed by atoms with E-state index in [9.17, 15) is 14.4 Å². The lowest BCUT2D eigenvalue weighted by atomic mass is 9.92. The van der Waals surface area contributed by atoms with Crippen molar-refractivity contribution in [2.75, 3.05) is 6.79 Å². The summed E-state index contributed by atoms with van der Waals surface area (Å²) >= 11 is 0. The highest BCUT2D eigenvalue weighted by molar-refractivity contribution is 6.03. The van der Waals surface area contributed by atoms with Gasteiger partial charge in [-0.1, -0.05) is 12.1 Å². The molecule has 5 heteroatoms. The summed E-state index contributed by atoms with van der Waals surface area (Å²) in [7, 11) is 0. The van der Waals surface area contributed by atoms with E-state index in [-0.39, 0.29) is 12.6 Å². The molecule has 1 aliphatic rings. The second-order valence-electron chi connectivity index (χ2n) is 4.55. The molecule has 21 heavy (non-hydrogen) atoms. The molecule has 0 amide bonds. The molecule has 1 unspecified atom stereocenters. The smallest absolute Gasteiger partial charge is 0.231 e. The standard InChI is InChI=1S/C16H10FNO3/c17-12-4-1-10(2-5-12)13(8-18)16(19)11-3-6-14-15(7-11)21-9-20-14/h1-7,13H,9H2. The van der Waals surface area contributed by atoms with E-state index in [1.54, 1.807) is 18.2 Å². The van der Waals surface area contributed by atoms with Crippen LogP contribution in [-0.4, -0.2) is 12.6 Å². The van der Waals surface area contributed by atoms with Crippen molar-refractivity contribution in [3.8, 4) is 17.6 Å². The van der Waals surface area contributed by atoms with E-state index in [0.29, 0.717) is 22.6 Å². The first-order valence-electron chi connectivity index (χ1n) is 6.28. The van der Waals surface area contributed by atoms with Gasteiger partial charge >= 0.3 is 0 Å². The highest BCUT2D eigenvalue weighted by Crippen LogP contribution is 2.34. The number of hydrogen-bond donors (Lipinski definition) is 0. The number of nitriles is 1. The fourth-order valence-electron chi connectivity index (χ4n) is 2.16. The Morgan fingerprint density at radius 2 is 1.86 bits per heavy atom. The molecule has 0 aromatic heterocycles. The Labute approximate surface area is 120 Å². The zero-order valence-corrected chi connectivity index (χ0v) is 10.9.